The van der Waals surface area contributed by atoms with Gasteiger partial charge in [-0.05, 0) is 55.4 Å². The number of aromatic nitrogens is 2. The normalized spacial score (nSPS) is 17.4. The quantitative estimate of drug-likeness (QED) is 0.920. The van der Waals surface area contributed by atoms with Crippen LogP contribution in [0.4, 0.5) is 11.5 Å². The highest BCUT2D eigenvalue weighted by Gasteiger charge is 2.19. The molecule has 1 saturated heterocycles. The standard InChI is InChI=1S/C20H26N4O/c1-4-16-9-5-8-15(3)19(16)21-20(25)17-10-11-18(23-22-17)24-12-6-7-14(2)13-24/h5,8-11,14H,4,6-7,12-13H2,1-3H3,(H,21,25). The molecule has 1 unspecified atom stereocenters. The summed E-state index contributed by atoms with van der Waals surface area (Å²) in [5.41, 5.74) is 3.41. The van der Waals surface area contributed by atoms with Crippen molar-refractivity contribution in [1.82, 2.24) is 10.2 Å². The number of anilines is 2. The number of carbonyl (C=O) groups excluding carboxylic acids is 1. The molecule has 2 heterocycles. The van der Waals surface area contributed by atoms with Gasteiger partial charge in [0.2, 0.25) is 0 Å². The van der Waals surface area contributed by atoms with Gasteiger partial charge in [-0.3, -0.25) is 4.79 Å². The summed E-state index contributed by atoms with van der Waals surface area (Å²) >= 11 is 0. The van der Waals surface area contributed by atoms with E-state index in [-0.39, 0.29) is 5.91 Å². The number of nitrogens with one attached hydrogen (secondary N) is 1. The van der Waals surface area contributed by atoms with Gasteiger partial charge in [0, 0.05) is 18.8 Å². The Hall–Kier alpha value is -2.43. The molecular formula is C20H26N4O. The van der Waals surface area contributed by atoms with Gasteiger partial charge in [-0.15, -0.1) is 10.2 Å². The molecule has 2 aromatic rings. The summed E-state index contributed by atoms with van der Waals surface area (Å²) in [5, 5.41) is 11.4. The molecule has 132 valence electrons. The topological polar surface area (TPSA) is 58.1 Å². The van der Waals surface area contributed by atoms with E-state index in [1.165, 1.54) is 12.8 Å². The van der Waals surface area contributed by atoms with Gasteiger partial charge in [0.1, 0.15) is 0 Å². The van der Waals surface area contributed by atoms with Gasteiger partial charge in [-0.25, -0.2) is 0 Å². The molecule has 0 aliphatic carbocycles. The summed E-state index contributed by atoms with van der Waals surface area (Å²) in [7, 11) is 0. The van der Waals surface area contributed by atoms with Crippen LogP contribution >= 0.6 is 0 Å². The van der Waals surface area contributed by atoms with Crippen LogP contribution in [-0.2, 0) is 6.42 Å². The van der Waals surface area contributed by atoms with Crippen molar-refractivity contribution < 1.29 is 4.79 Å². The summed E-state index contributed by atoms with van der Waals surface area (Å²) in [6.45, 7) is 8.35. The number of benzene rings is 1. The molecule has 0 spiro atoms. The molecule has 1 aromatic heterocycles. The van der Waals surface area contributed by atoms with Crippen LogP contribution < -0.4 is 10.2 Å². The second kappa shape index (κ2) is 7.64. The van der Waals surface area contributed by atoms with Gasteiger partial charge in [0.25, 0.3) is 5.91 Å². The van der Waals surface area contributed by atoms with E-state index in [9.17, 15) is 4.79 Å². The zero-order valence-electron chi connectivity index (χ0n) is 15.2. The zero-order valence-corrected chi connectivity index (χ0v) is 15.2. The van der Waals surface area contributed by atoms with Crippen LogP contribution in [0, 0.1) is 12.8 Å². The molecule has 1 N–H and O–H groups in total. The number of carbonyl (C=O) groups is 1. The fourth-order valence-electron chi connectivity index (χ4n) is 3.39. The van der Waals surface area contributed by atoms with Crippen LogP contribution in [0.3, 0.4) is 0 Å². The molecule has 1 aliphatic heterocycles. The molecular weight excluding hydrogens is 312 g/mol. The largest absolute Gasteiger partial charge is 0.355 e. The van der Waals surface area contributed by atoms with Crippen molar-refractivity contribution in [2.45, 2.75) is 40.0 Å². The van der Waals surface area contributed by atoms with Gasteiger partial charge in [-0.2, -0.15) is 0 Å². The van der Waals surface area contributed by atoms with Crippen molar-refractivity contribution in [1.29, 1.82) is 0 Å². The monoisotopic (exact) mass is 338 g/mol. The first-order chi connectivity index (χ1) is 12.1. The average Bonchev–Trinajstić information content (AvgIpc) is 2.63. The van der Waals surface area contributed by atoms with E-state index in [1.54, 1.807) is 6.07 Å². The van der Waals surface area contributed by atoms with Crippen molar-refractivity contribution in [2.75, 3.05) is 23.3 Å². The van der Waals surface area contributed by atoms with Gasteiger partial charge in [0.15, 0.2) is 11.5 Å². The van der Waals surface area contributed by atoms with Gasteiger partial charge in [0.05, 0.1) is 0 Å². The molecule has 0 saturated carbocycles. The maximum Gasteiger partial charge on any atom is 0.276 e. The first-order valence-electron chi connectivity index (χ1n) is 9.07. The van der Waals surface area contributed by atoms with Crippen LogP contribution in [0.25, 0.3) is 0 Å². The lowest BCUT2D eigenvalue weighted by molar-refractivity contribution is 0.102. The Kier molecular flexibility index (Phi) is 5.31. The van der Waals surface area contributed by atoms with E-state index >= 15 is 0 Å². The third kappa shape index (κ3) is 3.98. The number of nitrogens with zero attached hydrogens (tertiary/aromatic N) is 3. The first kappa shape index (κ1) is 17.4. The Bertz CT molecular complexity index is 742. The second-order valence-corrected chi connectivity index (χ2v) is 6.89. The van der Waals surface area contributed by atoms with Crippen LogP contribution in [0.1, 0.15) is 48.3 Å². The molecule has 3 rings (SSSR count). The Labute approximate surface area is 149 Å². The number of aryl methyl sites for hydroxylation is 2. The van der Waals surface area contributed by atoms with Gasteiger partial charge in [-0.1, -0.05) is 32.0 Å². The summed E-state index contributed by atoms with van der Waals surface area (Å²) in [5.74, 6) is 1.32. The molecule has 1 amide bonds. The summed E-state index contributed by atoms with van der Waals surface area (Å²) in [4.78, 5) is 14.8. The van der Waals surface area contributed by atoms with Gasteiger partial charge < -0.3 is 10.2 Å². The van der Waals surface area contributed by atoms with Crippen LogP contribution in [0.5, 0.6) is 0 Å². The summed E-state index contributed by atoms with van der Waals surface area (Å²) in [6, 6.07) is 9.72. The molecule has 5 heteroatoms. The minimum absolute atomic E-state index is 0.213. The predicted octanol–water partition coefficient (Wildman–Crippen LogP) is 3.84. The molecule has 1 aromatic carbocycles. The lowest BCUT2D eigenvalue weighted by Crippen LogP contribution is -2.35. The van der Waals surface area contributed by atoms with Crippen molar-refractivity contribution in [2.24, 2.45) is 5.92 Å². The van der Waals surface area contributed by atoms with Crippen LogP contribution in [0.2, 0.25) is 0 Å². The van der Waals surface area contributed by atoms with E-state index in [4.69, 9.17) is 0 Å². The first-order valence-corrected chi connectivity index (χ1v) is 9.07. The third-order valence-electron chi connectivity index (χ3n) is 4.84. The van der Waals surface area contributed by atoms with Crippen molar-refractivity contribution in [3.05, 3.63) is 47.2 Å². The van der Waals surface area contributed by atoms with Crippen LogP contribution in [-0.4, -0.2) is 29.2 Å². The number of amides is 1. The maximum atomic E-state index is 12.5. The Balaban J connectivity index is 1.73. The third-order valence-corrected chi connectivity index (χ3v) is 4.84. The highest BCUT2D eigenvalue weighted by molar-refractivity contribution is 6.03. The smallest absolute Gasteiger partial charge is 0.276 e. The zero-order chi connectivity index (χ0) is 17.8. The maximum absolute atomic E-state index is 12.5. The second-order valence-electron chi connectivity index (χ2n) is 6.89. The highest BCUT2D eigenvalue weighted by atomic mass is 16.1. The molecule has 1 atom stereocenters. The van der Waals surface area contributed by atoms with Gasteiger partial charge >= 0.3 is 0 Å². The molecule has 25 heavy (non-hydrogen) atoms. The Morgan fingerprint density at radius 1 is 1.28 bits per heavy atom. The van der Waals surface area contributed by atoms with Crippen molar-refractivity contribution in [3.63, 3.8) is 0 Å². The number of rotatable bonds is 4. The van der Waals surface area contributed by atoms with E-state index in [2.05, 4.69) is 34.3 Å². The van der Waals surface area contributed by atoms with E-state index in [0.29, 0.717) is 11.6 Å². The highest BCUT2D eigenvalue weighted by Crippen LogP contribution is 2.23. The van der Waals surface area contributed by atoms with Crippen molar-refractivity contribution in [3.8, 4) is 0 Å². The summed E-state index contributed by atoms with van der Waals surface area (Å²) in [6.07, 6.45) is 3.31. The Morgan fingerprint density at radius 3 is 2.80 bits per heavy atom. The van der Waals surface area contributed by atoms with E-state index < -0.39 is 0 Å². The van der Waals surface area contributed by atoms with Crippen LogP contribution in [0.15, 0.2) is 30.3 Å². The molecule has 1 aliphatic rings. The average molecular weight is 338 g/mol. The molecule has 1 fully saturated rings. The lowest BCUT2D eigenvalue weighted by Gasteiger charge is -2.31. The molecule has 5 nitrogen and oxygen atoms in total. The van der Waals surface area contributed by atoms with E-state index in [1.807, 2.05) is 31.2 Å². The molecule has 0 bridgehead atoms. The number of hydrogen-bond donors (Lipinski definition) is 1. The molecule has 0 radical (unpaired) electrons. The minimum Gasteiger partial charge on any atom is -0.355 e. The van der Waals surface area contributed by atoms with Crippen molar-refractivity contribution >= 4 is 17.4 Å². The Morgan fingerprint density at radius 2 is 2.12 bits per heavy atom. The summed E-state index contributed by atoms with van der Waals surface area (Å²) < 4.78 is 0. The fourth-order valence-corrected chi connectivity index (χ4v) is 3.39. The van der Waals surface area contributed by atoms with E-state index in [0.717, 1.165) is 42.1 Å². The number of para-hydroxylation sites is 1. The number of piperidine rings is 1. The predicted molar refractivity (Wildman–Crippen MR) is 101 cm³/mol. The lowest BCUT2D eigenvalue weighted by atomic mass is 10.0. The number of hydrogen-bond acceptors (Lipinski definition) is 4. The minimum atomic E-state index is -0.213. The SMILES string of the molecule is CCc1cccc(C)c1NC(=O)c1ccc(N2CCCC(C)C2)nn1. The fraction of sp³-hybridized carbons (Fsp3) is 0.450.